The number of hydrogen-bond donors (Lipinski definition) is 3. The first kappa shape index (κ1) is 54.8. The van der Waals surface area contributed by atoms with Crippen LogP contribution in [0.2, 0.25) is 0 Å². The number of fused-ring (bicyclic) bond motifs is 5. The second-order valence-electron chi connectivity index (χ2n) is 30.3. The third kappa shape index (κ3) is 7.89. The molecule has 83 heavy (non-hydrogen) atoms. The molecule has 6 saturated carbocycles. The predicted molar refractivity (Wildman–Crippen MR) is 326 cm³/mol. The molecule has 2 spiro atoms. The van der Waals surface area contributed by atoms with Crippen molar-refractivity contribution in [2.75, 3.05) is 6.61 Å². The van der Waals surface area contributed by atoms with Crippen LogP contribution in [0.25, 0.3) is 10.8 Å². The molecule has 0 aromatic heterocycles. The molecule has 11 aliphatic rings. The Morgan fingerprint density at radius 1 is 0.735 bits per heavy atom. The van der Waals surface area contributed by atoms with Crippen LogP contribution in [-0.4, -0.2) is 57.3 Å². The van der Waals surface area contributed by atoms with Crippen molar-refractivity contribution in [1.29, 1.82) is 0 Å². The summed E-state index contributed by atoms with van der Waals surface area (Å²) in [5, 5.41) is 46.9. The SMILES string of the molecule is CC(CCCc1ccccc1)CC1C=CC2CCCCC2C(=O)OC2CC3(C)C=CC1(O)C1(C(O)CCC(C)(C4CCC56CCC7CC8(c9ccccc9)CCCCC8c8ccc9cccc(c9c8C75)C6C4)C21)C3(O)CCC1=CC(=O)OC1. The molecule has 2 heterocycles. The van der Waals surface area contributed by atoms with Crippen LogP contribution in [0.1, 0.15) is 208 Å². The number of ether oxygens (including phenoxy) is 2. The summed E-state index contributed by atoms with van der Waals surface area (Å²) in [5.74, 6) is 0.372. The Bertz CT molecular complexity index is 3270. The molecule has 0 amide bonds. The van der Waals surface area contributed by atoms with Crippen molar-refractivity contribution in [1.82, 2.24) is 0 Å². The fourth-order valence-corrected chi connectivity index (χ4v) is 23.3. The Kier molecular flexibility index (Phi) is 13.3. The molecule has 6 fully saturated rings. The lowest BCUT2D eigenvalue weighted by molar-refractivity contribution is -0.367. The van der Waals surface area contributed by atoms with Crippen LogP contribution in [-0.2, 0) is 30.9 Å². The molecule has 0 saturated heterocycles. The fourth-order valence-electron chi connectivity index (χ4n) is 23.3. The van der Waals surface area contributed by atoms with Crippen molar-refractivity contribution in [3.05, 3.63) is 155 Å². The van der Waals surface area contributed by atoms with Crippen molar-refractivity contribution in [3.63, 3.8) is 0 Å². The van der Waals surface area contributed by atoms with E-state index in [4.69, 9.17) is 9.47 Å². The van der Waals surface area contributed by atoms with Gasteiger partial charge in [0, 0.05) is 28.7 Å². The Morgan fingerprint density at radius 3 is 2.35 bits per heavy atom. The molecule has 3 N–H and O–H groups in total. The van der Waals surface area contributed by atoms with E-state index in [0.29, 0.717) is 55.8 Å². The second kappa shape index (κ2) is 20.1. The van der Waals surface area contributed by atoms with E-state index < -0.39 is 51.5 Å². The lowest BCUT2D eigenvalue weighted by Gasteiger charge is -2.77. The van der Waals surface area contributed by atoms with Gasteiger partial charge in [0.25, 0.3) is 0 Å². The summed E-state index contributed by atoms with van der Waals surface area (Å²) >= 11 is 0. The minimum Gasteiger partial charge on any atom is -0.462 e. The summed E-state index contributed by atoms with van der Waals surface area (Å²) in [6.07, 6.45) is 29.8. The number of rotatable bonds is 11. The molecule has 3 bridgehead atoms. The molecule has 2 aliphatic heterocycles. The zero-order valence-electron chi connectivity index (χ0n) is 49.9. The van der Waals surface area contributed by atoms with E-state index in [-0.39, 0.29) is 59.5 Å². The van der Waals surface area contributed by atoms with Gasteiger partial charge in [0.2, 0.25) is 0 Å². The molecular formula is C76H92O7. The first-order valence-corrected chi connectivity index (χ1v) is 33.4. The lowest BCUT2D eigenvalue weighted by Crippen LogP contribution is -2.84. The number of cyclic esters (lactones) is 1. The number of carbonyl (C=O) groups is 2. The average Bonchev–Trinajstić information content (AvgIpc) is 2.19. The number of benzene rings is 4. The molecule has 7 heteroatoms. The third-order valence-electron chi connectivity index (χ3n) is 26.8. The molecule has 0 radical (unpaired) electrons. The maximum absolute atomic E-state index is 15.5. The minimum atomic E-state index is -1.74. The van der Waals surface area contributed by atoms with Crippen LogP contribution >= 0.6 is 0 Å². The molecule has 19 unspecified atom stereocenters. The standard InChI is InChI=1S/C76H92O7/c1-48(16-14-19-49-17-6-4-7-18-49)42-56-29-27-51-20-10-11-24-57(51)69(79)83-62-46-70(2)40-41-74(56,80)76(75(70,81)39-31-50-43-64(78)82-47-50)63(77)34-36-71(3,68(62)76)55-33-38-72-37-32-53-45-73(54-22-8-5-9-23-54)35-13-12-26-60(73)59-30-28-52-21-15-25-58(61(72)44-55)65(52)66(59)67(53)72/h4-9,15,17-18,21-23,25,27-30,40-41,43,48,51,53,55-57,60-63,67-68,77,80-81H,10-14,16,19-20,24,26,31-39,42,44-47H2,1-3H3. The zero-order valence-corrected chi connectivity index (χ0v) is 49.9. The first-order chi connectivity index (χ1) is 40.2. The summed E-state index contributed by atoms with van der Waals surface area (Å²) in [6, 6.07) is 34.8. The number of carbonyl (C=O) groups excluding carboxylic acids is 2. The van der Waals surface area contributed by atoms with Gasteiger partial charge in [0.15, 0.2) is 0 Å². The van der Waals surface area contributed by atoms with Crippen LogP contribution in [0.3, 0.4) is 0 Å². The summed E-state index contributed by atoms with van der Waals surface area (Å²) < 4.78 is 12.9. The number of aryl methyl sites for hydroxylation is 1. The van der Waals surface area contributed by atoms with Crippen LogP contribution in [0.15, 0.2) is 127 Å². The summed E-state index contributed by atoms with van der Waals surface area (Å²) in [7, 11) is 0. The van der Waals surface area contributed by atoms with E-state index in [9.17, 15) is 15.0 Å². The molecule has 4 aromatic rings. The third-order valence-corrected chi connectivity index (χ3v) is 26.8. The highest BCUT2D eigenvalue weighted by molar-refractivity contribution is 5.93. The number of hydrogen-bond acceptors (Lipinski definition) is 7. The van der Waals surface area contributed by atoms with Crippen LogP contribution in [0, 0.1) is 63.1 Å². The van der Waals surface area contributed by atoms with Gasteiger partial charge in [-0.05, 0) is 212 Å². The quantitative estimate of drug-likeness (QED) is 0.101. The normalized spacial score (nSPS) is 43.1. The highest BCUT2D eigenvalue weighted by atomic mass is 16.5. The van der Waals surface area contributed by atoms with Gasteiger partial charge in [0.05, 0.1) is 23.0 Å². The molecule has 4 aromatic carbocycles. The number of aliphatic hydroxyl groups is 3. The number of aliphatic hydroxyl groups excluding tert-OH is 1. The Labute approximate surface area is 494 Å². The summed E-state index contributed by atoms with van der Waals surface area (Å²) in [4.78, 5) is 28.3. The van der Waals surface area contributed by atoms with Crippen molar-refractivity contribution >= 4 is 22.7 Å². The van der Waals surface area contributed by atoms with Crippen molar-refractivity contribution in [3.8, 4) is 0 Å². The Morgan fingerprint density at radius 2 is 1.53 bits per heavy atom. The molecule has 9 aliphatic carbocycles. The van der Waals surface area contributed by atoms with Crippen molar-refractivity contribution in [2.45, 2.75) is 215 Å². The van der Waals surface area contributed by atoms with E-state index in [1.807, 2.05) is 0 Å². The van der Waals surface area contributed by atoms with Gasteiger partial charge in [-0.1, -0.05) is 168 Å². The van der Waals surface area contributed by atoms with E-state index >= 15 is 9.90 Å². The first-order valence-electron chi connectivity index (χ1n) is 33.4. The van der Waals surface area contributed by atoms with Crippen LogP contribution in [0.4, 0.5) is 0 Å². The highest BCUT2D eigenvalue weighted by Crippen LogP contribution is 2.80. The topological polar surface area (TPSA) is 113 Å². The van der Waals surface area contributed by atoms with Crippen molar-refractivity contribution < 1.29 is 34.4 Å². The van der Waals surface area contributed by atoms with E-state index in [2.05, 4.69) is 136 Å². The van der Waals surface area contributed by atoms with Gasteiger partial charge in [0.1, 0.15) is 18.3 Å². The Balaban J connectivity index is 0.881. The second-order valence-corrected chi connectivity index (χ2v) is 30.3. The van der Waals surface area contributed by atoms with E-state index in [0.717, 1.165) is 69.8 Å². The molecule has 7 nitrogen and oxygen atoms in total. The largest absolute Gasteiger partial charge is 0.462 e. The van der Waals surface area contributed by atoms with Crippen molar-refractivity contribution in [2.24, 2.45) is 63.1 Å². The van der Waals surface area contributed by atoms with Gasteiger partial charge < -0.3 is 24.8 Å². The van der Waals surface area contributed by atoms with Crippen LogP contribution in [0.5, 0.6) is 0 Å². The maximum Gasteiger partial charge on any atom is 0.331 e. The fraction of sp³-hybridized carbons (Fsp3) is 0.605. The zero-order chi connectivity index (χ0) is 56.7. The number of esters is 2. The van der Waals surface area contributed by atoms with E-state index in [1.54, 1.807) is 22.8 Å². The van der Waals surface area contributed by atoms with Gasteiger partial charge in [-0.25, -0.2) is 4.79 Å². The monoisotopic (exact) mass is 1120 g/mol. The predicted octanol–water partition coefficient (Wildman–Crippen LogP) is 15.6. The molecule has 438 valence electrons. The minimum absolute atomic E-state index is 0.0234. The van der Waals surface area contributed by atoms with Gasteiger partial charge in [-0.3, -0.25) is 4.79 Å². The van der Waals surface area contributed by atoms with E-state index in [1.165, 1.54) is 66.8 Å². The summed E-state index contributed by atoms with van der Waals surface area (Å²) in [6.45, 7) is 7.10. The lowest BCUT2D eigenvalue weighted by atomic mass is 9.30. The smallest absolute Gasteiger partial charge is 0.331 e. The van der Waals surface area contributed by atoms with Gasteiger partial charge >= 0.3 is 11.9 Å². The highest BCUT2D eigenvalue weighted by Gasteiger charge is 2.83. The van der Waals surface area contributed by atoms with Gasteiger partial charge in [-0.2, -0.15) is 0 Å². The Hall–Kier alpha value is -4.82. The average molecular weight is 1120 g/mol. The molecular weight excluding hydrogens is 1020 g/mol. The van der Waals surface area contributed by atoms with Crippen LogP contribution < -0.4 is 0 Å². The maximum atomic E-state index is 15.5. The molecule has 19 atom stereocenters. The summed E-state index contributed by atoms with van der Waals surface area (Å²) in [5.41, 5.74) is 2.27. The number of allylic oxidation sites excluding steroid dienone is 1. The van der Waals surface area contributed by atoms with Gasteiger partial charge in [-0.15, -0.1) is 0 Å². The molecule has 15 rings (SSSR count).